The normalized spacial score (nSPS) is 16.6. The van der Waals surface area contributed by atoms with Gasteiger partial charge in [-0.25, -0.2) is 4.99 Å². The van der Waals surface area contributed by atoms with E-state index in [2.05, 4.69) is 11.9 Å². The van der Waals surface area contributed by atoms with Crippen LogP contribution in [0.4, 0.5) is 5.69 Å². The molecule has 0 unspecified atom stereocenters. The number of amidine groups is 1. The van der Waals surface area contributed by atoms with Gasteiger partial charge in [-0.1, -0.05) is 25.5 Å². The fraction of sp³-hybridized carbons (Fsp3) is 0.412. The second kappa shape index (κ2) is 6.57. The number of unbranched alkanes of at least 4 members (excludes halogenated alkanes) is 1. The Kier molecular flexibility index (Phi) is 4.78. The van der Waals surface area contributed by atoms with E-state index in [4.69, 9.17) is 0 Å². The first-order valence-corrected chi connectivity index (χ1v) is 7.39. The van der Waals surface area contributed by atoms with Crippen LogP contribution in [0.1, 0.15) is 32.3 Å². The summed E-state index contributed by atoms with van der Waals surface area (Å²) in [6, 6.07) is 8.10. The Morgan fingerprint density at radius 2 is 1.90 bits per heavy atom. The maximum atomic E-state index is 12.3. The van der Waals surface area contributed by atoms with Crippen LogP contribution in [0.5, 0.6) is 0 Å². The zero-order valence-electron chi connectivity index (χ0n) is 13.3. The molecule has 4 heteroatoms. The monoisotopic (exact) mass is 285 g/mol. The van der Waals surface area contributed by atoms with E-state index in [1.807, 2.05) is 56.3 Å². The number of benzene rings is 1. The van der Waals surface area contributed by atoms with Crippen molar-refractivity contribution < 1.29 is 4.79 Å². The highest BCUT2D eigenvalue weighted by Crippen LogP contribution is 2.20. The fourth-order valence-corrected chi connectivity index (χ4v) is 2.27. The summed E-state index contributed by atoms with van der Waals surface area (Å²) in [5.74, 6) is 0.808. The first-order chi connectivity index (χ1) is 10.0. The molecular formula is C17H23N3O. The molecule has 0 atom stereocenters. The van der Waals surface area contributed by atoms with Gasteiger partial charge in [-0.15, -0.1) is 0 Å². The topological polar surface area (TPSA) is 35.9 Å². The highest BCUT2D eigenvalue weighted by molar-refractivity contribution is 6.13. The van der Waals surface area contributed by atoms with Crippen molar-refractivity contribution in [2.75, 3.05) is 25.5 Å². The second-order valence-electron chi connectivity index (χ2n) is 5.48. The third kappa shape index (κ3) is 3.51. The lowest BCUT2D eigenvalue weighted by molar-refractivity contribution is -0.122. The molecule has 0 bridgehead atoms. The van der Waals surface area contributed by atoms with Crippen molar-refractivity contribution >= 4 is 23.5 Å². The number of hydrogen-bond donors (Lipinski definition) is 0. The van der Waals surface area contributed by atoms with Crippen LogP contribution in [0, 0.1) is 0 Å². The van der Waals surface area contributed by atoms with E-state index >= 15 is 0 Å². The van der Waals surface area contributed by atoms with Crippen molar-refractivity contribution in [3.05, 3.63) is 35.5 Å². The van der Waals surface area contributed by atoms with Gasteiger partial charge in [0.05, 0.1) is 0 Å². The summed E-state index contributed by atoms with van der Waals surface area (Å²) in [7, 11) is 4.01. The average Bonchev–Trinajstić information content (AvgIpc) is 2.72. The van der Waals surface area contributed by atoms with Crippen LogP contribution in [-0.2, 0) is 4.79 Å². The number of nitrogens with zero attached hydrogens (tertiary/aromatic N) is 3. The minimum Gasteiger partial charge on any atom is -0.378 e. The number of amides is 1. The van der Waals surface area contributed by atoms with E-state index in [0.717, 1.165) is 36.5 Å². The molecule has 112 valence electrons. The van der Waals surface area contributed by atoms with Crippen molar-refractivity contribution in [1.82, 2.24) is 4.90 Å². The standard InChI is InChI=1S/C17H23N3O/c1-5-6-11-20-13(2)18-16(17(20)21)12-14-7-9-15(10-8-14)19(3)4/h7-10,12H,5-6,11H2,1-4H3/b16-12+. The van der Waals surface area contributed by atoms with Gasteiger partial charge in [0, 0.05) is 26.3 Å². The third-order valence-corrected chi connectivity index (χ3v) is 3.59. The largest absolute Gasteiger partial charge is 0.378 e. The van der Waals surface area contributed by atoms with Gasteiger partial charge >= 0.3 is 0 Å². The SMILES string of the molecule is CCCCN1C(=O)/C(=C\c2ccc(N(C)C)cc2)N=C1C. The van der Waals surface area contributed by atoms with E-state index in [1.54, 1.807) is 4.90 Å². The smallest absolute Gasteiger partial charge is 0.277 e. The molecule has 2 rings (SSSR count). The summed E-state index contributed by atoms with van der Waals surface area (Å²) in [5.41, 5.74) is 2.67. The summed E-state index contributed by atoms with van der Waals surface area (Å²) in [6.07, 6.45) is 3.93. The van der Waals surface area contributed by atoms with Crippen molar-refractivity contribution in [2.45, 2.75) is 26.7 Å². The fourth-order valence-electron chi connectivity index (χ4n) is 2.27. The third-order valence-electron chi connectivity index (χ3n) is 3.59. The van der Waals surface area contributed by atoms with Crippen LogP contribution in [-0.4, -0.2) is 37.3 Å². The second-order valence-corrected chi connectivity index (χ2v) is 5.48. The van der Waals surface area contributed by atoms with Gasteiger partial charge in [0.1, 0.15) is 11.5 Å². The van der Waals surface area contributed by atoms with E-state index in [0.29, 0.717) is 5.70 Å². The Bertz CT molecular complexity index is 570. The van der Waals surface area contributed by atoms with Crippen LogP contribution in [0.25, 0.3) is 6.08 Å². The molecule has 0 saturated carbocycles. The summed E-state index contributed by atoms with van der Waals surface area (Å²) in [6.45, 7) is 4.77. The molecule has 1 aromatic carbocycles. The number of rotatable bonds is 5. The van der Waals surface area contributed by atoms with Crippen molar-refractivity contribution in [2.24, 2.45) is 4.99 Å². The molecule has 1 aliphatic heterocycles. The zero-order valence-corrected chi connectivity index (χ0v) is 13.3. The molecule has 1 aromatic rings. The minimum absolute atomic E-state index is 0.0117. The predicted molar refractivity (Wildman–Crippen MR) is 88.5 cm³/mol. The van der Waals surface area contributed by atoms with Gasteiger partial charge in [0.15, 0.2) is 0 Å². The highest BCUT2D eigenvalue weighted by atomic mass is 16.2. The summed E-state index contributed by atoms with van der Waals surface area (Å²) in [4.78, 5) is 20.6. The maximum Gasteiger partial charge on any atom is 0.277 e. The molecule has 0 aromatic heterocycles. The first-order valence-electron chi connectivity index (χ1n) is 7.39. The van der Waals surface area contributed by atoms with Gasteiger partial charge in [-0.05, 0) is 37.1 Å². The molecule has 0 aliphatic carbocycles. The van der Waals surface area contributed by atoms with Crippen LogP contribution < -0.4 is 4.90 Å². The number of hydrogen-bond acceptors (Lipinski definition) is 3. The van der Waals surface area contributed by atoms with Crippen molar-refractivity contribution in [3.8, 4) is 0 Å². The molecule has 21 heavy (non-hydrogen) atoms. The Labute approximate surface area is 126 Å². The zero-order chi connectivity index (χ0) is 15.4. The summed E-state index contributed by atoms with van der Waals surface area (Å²) in [5, 5.41) is 0. The molecule has 0 N–H and O–H groups in total. The molecule has 1 amide bonds. The molecular weight excluding hydrogens is 262 g/mol. The Morgan fingerprint density at radius 1 is 1.24 bits per heavy atom. The first kappa shape index (κ1) is 15.3. The van der Waals surface area contributed by atoms with Crippen LogP contribution in [0.3, 0.4) is 0 Å². The number of carbonyl (C=O) groups is 1. The van der Waals surface area contributed by atoms with E-state index in [9.17, 15) is 4.79 Å². The molecule has 0 radical (unpaired) electrons. The van der Waals surface area contributed by atoms with E-state index < -0.39 is 0 Å². The lowest BCUT2D eigenvalue weighted by Crippen LogP contribution is -2.31. The van der Waals surface area contributed by atoms with Crippen LogP contribution in [0.15, 0.2) is 35.0 Å². The molecule has 0 fully saturated rings. The predicted octanol–water partition coefficient (Wildman–Crippen LogP) is 3.15. The van der Waals surface area contributed by atoms with Crippen LogP contribution in [0.2, 0.25) is 0 Å². The van der Waals surface area contributed by atoms with Gasteiger partial charge < -0.3 is 4.90 Å². The van der Waals surface area contributed by atoms with Gasteiger partial charge in [0.25, 0.3) is 5.91 Å². The van der Waals surface area contributed by atoms with Gasteiger partial charge in [0.2, 0.25) is 0 Å². The number of aliphatic imine (C=N–C) groups is 1. The average molecular weight is 285 g/mol. The summed E-state index contributed by atoms with van der Waals surface area (Å²) >= 11 is 0. The molecule has 0 spiro atoms. The number of anilines is 1. The van der Waals surface area contributed by atoms with Gasteiger partial charge in [-0.2, -0.15) is 0 Å². The lowest BCUT2D eigenvalue weighted by Gasteiger charge is -2.14. The molecule has 1 heterocycles. The maximum absolute atomic E-state index is 12.3. The molecule has 4 nitrogen and oxygen atoms in total. The van der Waals surface area contributed by atoms with Crippen molar-refractivity contribution in [1.29, 1.82) is 0 Å². The van der Waals surface area contributed by atoms with E-state index in [1.165, 1.54) is 0 Å². The van der Waals surface area contributed by atoms with E-state index in [-0.39, 0.29) is 5.91 Å². The van der Waals surface area contributed by atoms with Crippen LogP contribution >= 0.6 is 0 Å². The molecule has 1 aliphatic rings. The Hall–Kier alpha value is -2.10. The Morgan fingerprint density at radius 3 is 2.48 bits per heavy atom. The quantitative estimate of drug-likeness (QED) is 0.779. The minimum atomic E-state index is 0.0117. The number of carbonyl (C=O) groups excluding carboxylic acids is 1. The lowest BCUT2D eigenvalue weighted by atomic mass is 10.1. The highest BCUT2D eigenvalue weighted by Gasteiger charge is 2.26. The van der Waals surface area contributed by atoms with Gasteiger partial charge in [-0.3, -0.25) is 9.69 Å². The Balaban J connectivity index is 2.16. The summed E-state index contributed by atoms with van der Waals surface area (Å²) < 4.78 is 0. The van der Waals surface area contributed by atoms with Crippen molar-refractivity contribution in [3.63, 3.8) is 0 Å². The molecule has 0 saturated heterocycles.